The van der Waals surface area contributed by atoms with E-state index in [-0.39, 0.29) is 11.6 Å². The largest absolute Gasteiger partial charge is 0.433 e. The SMILES string of the molecule is Cc1c(CNc2cc(C(F)(F)F)nc(-c3ccncc3)n2)cnn1C. The van der Waals surface area contributed by atoms with Crippen LogP contribution in [0.15, 0.2) is 36.8 Å². The molecule has 0 aliphatic carbocycles. The predicted molar refractivity (Wildman–Crippen MR) is 85.5 cm³/mol. The molecule has 0 aromatic carbocycles. The summed E-state index contributed by atoms with van der Waals surface area (Å²) in [5.41, 5.74) is 1.26. The minimum atomic E-state index is -4.56. The normalized spacial score (nSPS) is 11.6. The Bertz CT molecular complexity index is 873. The molecule has 3 aromatic heterocycles. The van der Waals surface area contributed by atoms with Crippen LogP contribution in [0.3, 0.4) is 0 Å². The molecule has 0 atom stereocenters. The van der Waals surface area contributed by atoms with Crippen LogP contribution in [-0.4, -0.2) is 24.7 Å². The van der Waals surface area contributed by atoms with Crippen molar-refractivity contribution in [2.75, 3.05) is 5.32 Å². The average molecular weight is 348 g/mol. The Morgan fingerprint density at radius 1 is 1.16 bits per heavy atom. The smallest absolute Gasteiger partial charge is 0.366 e. The van der Waals surface area contributed by atoms with Crippen LogP contribution < -0.4 is 5.32 Å². The number of anilines is 1. The Hall–Kier alpha value is -2.97. The summed E-state index contributed by atoms with van der Waals surface area (Å²) < 4.78 is 41.1. The molecule has 0 fully saturated rings. The van der Waals surface area contributed by atoms with E-state index in [1.165, 1.54) is 12.4 Å². The molecule has 6 nitrogen and oxygen atoms in total. The van der Waals surface area contributed by atoms with E-state index < -0.39 is 11.9 Å². The minimum Gasteiger partial charge on any atom is -0.366 e. The standard InChI is InChI=1S/C16H15F3N6/c1-10-12(9-22-25(10)2)8-21-14-7-13(16(17,18)19)23-15(24-14)11-3-5-20-6-4-11/h3-7,9H,8H2,1-2H3,(H,21,23,24). The molecule has 0 aliphatic heterocycles. The molecule has 0 unspecified atom stereocenters. The van der Waals surface area contributed by atoms with Gasteiger partial charge in [0.2, 0.25) is 0 Å². The lowest BCUT2D eigenvalue weighted by Gasteiger charge is -2.12. The molecule has 0 radical (unpaired) electrons. The maximum absolute atomic E-state index is 13.2. The lowest BCUT2D eigenvalue weighted by Crippen LogP contribution is -2.12. The quantitative estimate of drug-likeness (QED) is 0.784. The molecule has 9 heteroatoms. The maximum atomic E-state index is 13.2. The number of halogens is 3. The van der Waals surface area contributed by atoms with Crippen LogP contribution in [0.4, 0.5) is 19.0 Å². The predicted octanol–water partition coefficient (Wildman–Crippen LogP) is 3.21. The molecule has 0 aliphatic rings. The first-order valence-electron chi connectivity index (χ1n) is 7.42. The zero-order chi connectivity index (χ0) is 18.0. The van der Waals surface area contributed by atoms with Crippen molar-refractivity contribution >= 4 is 5.82 Å². The zero-order valence-corrected chi connectivity index (χ0v) is 13.5. The monoisotopic (exact) mass is 348 g/mol. The van der Waals surface area contributed by atoms with Crippen molar-refractivity contribution in [2.45, 2.75) is 19.6 Å². The van der Waals surface area contributed by atoms with E-state index in [1.54, 1.807) is 30.1 Å². The number of aryl methyl sites for hydroxylation is 1. The third-order valence-corrected chi connectivity index (χ3v) is 3.75. The van der Waals surface area contributed by atoms with Gasteiger partial charge >= 0.3 is 6.18 Å². The van der Waals surface area contributed by atoms with Crippen molar-refractivity contribution in [3.8, 4) is 11.4 Å². The van der Waals surface area contributed by atoms with Gasteiger partial charge in [0.05, 0.1) is 6.20 Å². The van der Waals surface area contributed by atoms with Crippen LogP contribution in [0, 0.1) is 6.92 Å². The molecule has 130 valence electrons. The van der Waals surface area contributed by atoms with Crippen molar-refractivity contribution in [1.82, 2.24) is 24.7 Å². The van der Waals surface area contributed by atoms with Gasteiger partial charge in [0.25, 0.3) is 0 Å². The van der Waals surface area contributed by atoms with Crippen molar-refractivity contribution in [1.29, 1.82) is 0 Å². The number of aromatic nitrogens is 5. The fourth-order valence-corrected chi connectivity index (χ4v) is 2.22. The van der Waals surface area contributed by atoms with Gasteiger partial charge in [-0.3, -0.25) is 9.67 Å². The first kappa shape index (κ1) is 16.9. The van der Waals surface area contributed by atoms with E-state index in [9.17, 15) is 13.2 Å². The number of rotatable bonds is 4. The number of nitrogens with zero attached hydrogens (tertiary/aromatic N) is 5. The molecule has 0 saturated heterocycles. The molecule has 25 heavy (non-hydrogen) atoms. The van der Waals surface area contributed by atoms with E-state index >= 15 is 0 Å². The van der Waals surface area contributed by atoms with Gasteiger partial charge in [0, 0.05) is 48.9 Å². The van der Waals surface area contributed by atoms with Crippen molar-refractivity contribution in [3.63, 3.8) is 0 Å². The van der Waals surface area contributed by atoms with Crippen molar-refractivity contribution in [2.24, 2.45) is 7.05 Å². The van der Waals surface area contributed by atoms with Crippen LogP contribution in [-0.2, 0) is 19.8 Å². The average Bonchev–Trinajstić information content (AvgIpc) is 2.91. The topological polar surface area (TPSA) is 68.5 Å². The van der Waals surface area contributed by atoms with Crippen LogP contribution in [0.2, 0.25) is 0 Å². The summed E-state index contributed by atoms with van der Waals surface area (Å²) in [4.78, 5) is 11.7. The fourth-order valence-electron chi connectivity index (χ4n) is 2.22. The molecule has 0 bridgehead atoms. The Labute approximate surface area is 141 Å². The van der Waals surface area contributed by atoms with Gasteiger partial charge in [0.15, 0.2) is 11.5 Å². The van der Waals surface area contributed by atoms with Crippen LogP contribution >= 0.6 is 0 Å². The molecule has 3 heterocycles. The number of alkyl halides is 3. The summed E-state index contributed by atoms with van der Waals surface area (Å²) in [7, 11) is 1.80. The van der Waals surface area contributed by atoms with Gasteiger partial charge < -0.3 is 5.32 Å². The fraction of sp³-hybridized carbons (Fsp3) is 0.250. The summed E-state index contributed by atoms with van der Waals surface area (Å²) >= 11 is 0. The summed E-state index contributed by atoms with van der Waals surface area (Å²) in [5, 5.41) is 7.03. The second-order valence-corrected chi connectivity index (χ2v) is 5.43. The molecule has 3 rings (SSSR count). The second-order valence-electron chi connectivity index (χ2n) is 5.43. The molecule has 3 aromatic rings. The van der Waals surface area contributed by atoms with Gasteiger partial charge in [-0.1, -0.05) is 0 Å². The van der Waals surface area contributed by atoms with Gasteiger partial charge in [-0.25, -0.2) is 9.97 Å². The van der Waals surface area contributed by atoms with E-state index in [1.807, 2.05) is 6.92 Å². The van der Waals surface area contributed by atoms with Gasteiger partial charge in [-0.05, 0) is 19.1 Å². The Morgan fingerprint density at radius 2 is 1.88 bits per heavy atom. The highest BCUT2D eigenvalue weighted by molar-refractivity contribution is 5.57. The van der Waals surface area contributed by atoms with Gasteiger partial charge in [-0.2, -0.15) is 18.3 Å². The van der Waals surface area contributed by atoms with E-state index in [0.717, 1.165) is 17.3 Å². The second kappa shape index (κ2) is 6.50. The van der Waals surface area contributed by atoms with E-state index in [0.29, 0.717) is 12.1 Å². The summed E-state index contributed by atoms with van der Waals surface area (Å²) in [6, 6.07) is 4.02. The number of hydrogen-bond acceptors (Lipinski definition) is 5. The first-order chi connectivity index (χ1) is 11.8. The van der Waals surface area contributed by atoms with E-state index in [4.69, 9.17) is 0 Å². The lowest BCUT2D eigenvalue weighted by molar-refractivity contribution is -0.141. The van der Waals surface area contributed by atoms with Crippen LogP contribution in [0.5, 0.6) is 0 Å². The Kier molecular flexibility index (Phi) is 4.39. The minimum absolute atomic E-state index is 0.0115. The van der Waals surface area contributed by atoms with E-state index in [2.05, 4.69) is 25.4 Å². The third-order valence-electron chi connectivity index (χ3n) is 3.75. The highest BCUT2D eigenvalue weighted by Gasteiger charge is 2.33. The molecule has 0 saturated carbocycles. The van der Waals surface area contributed by atoms with Crippen LogP contribution in [0.25, 0.3) is 11.4 Å². The lowest BCUT2D eigenvalue weighted by atomic mass is 10.2. The number of pyridine rings is 1. The van der Waals surface area contributed by atoms with Crippen LogP contribution in [0.1, 0.15) is 17.0 Å². The van der Waals surface area contributed by atoms with Crippen molar-refractivity contribution < 1.29 is 13.2 Å². The number of hydrogen-bond donors (Lipinski definition) is 1. The molecular weight excluding hydrogens is 333 g/mol. The zero-order valence-electron chi connectivity index (χ0n) is 13.5. The summed E-state index contributed by atoms with van der Waals surface area (Å²) in [6.45, 7) is 2.19. The first-order valence-corrected chi connectivity index (χ1v) is 7.42. The highest BCUT2D eigenvalue weighted by atomic mass is 19.4. The molecular formula is C16H15F3N6. The van der Waals surface area contributed by atoms with Gasteiger partial charge in [0.1, 0.15) is 5.82 Å². The molecule has 1 N–H and O–H groups in total. The summed E-state index contributed by atoms with van der Waals surface area (Å²) in [5.74, 6) is 0.0834. The Balaban J connectivity index is 1.94. The molecule has 0 spiro atoms. The van der Waals surface area contributed by atoms with Crippen molar-refractivity contribution in [3.05, 3.63) is 53.7 Å². The molecule has 0 amide bonds. The Morgan fingerprint density at radius 3 is 2.48 bits per heavy atom. The number of nitrogens with one attached hydrogen (secondary N) is 1. The summed E-state index contributed by atoms with van der Waals surface area (Å²) in [6.07, 6.45) is 0.0550. The third kappa shape index (κ3) is 3.76. The highest BCUT2D eigenvalue weighted by Crippen LogP contribution is 2.30. The van der Waals surface area contributed by atoms with Gasteiger partial charge in [-0.15, -0.1) is 0 Å². The maximum Gasteiger partial charge on any atom is 0.433 e.